The molecular weight excluding hydrogens is 302 g/mol. The van der Waals surface area contributed by atoms with Crippen LogP contribution in [0.25, 0.3) is 0 Å². The Hall–Kier alpha value is -2.92. The molecule has 1 atom stereocenters. The molecule has 0 aromatic heterocycles. The highest BCUT2D eigenvalue weighted by molar-refractivity contribution is 5.76. The third-order valence-corrected chi connectivity index (χ3v) is 4.57. The Morgan fingerprint density at radius 2 is 1.75 bits per heavy atom. The lowest BCUT2D eigenvalue weighted by atomic mass is 9.90. The topological polar surface area (TPSA) is 84.2 Å². The van der Waals surface area contributed by atoms with E-state index < -0.39 is 10.9 Å². The Balaban J connectivity index is 1.59. The molecule has 1 heterocycles. The van der Waals surface area contributed by atoms with Gasteiger partial charge in [0.15, 0.2) is 0 Å². The quantitative estimate of drug-likeness (QED) is 0.642. The summed E-state index contributed by atoms with van der Waals surface area (Å²) in [5, 5.41) is 6.47. The van der Waals surface area contributed by atoms with Crippen LogP contribution in [0.3, 0.4) is 0 Å². The van der Waals surface area contributed by atoms with Crippen molar-refractivity contribution in [2.24, 2.45) is 0 Å². The number of nitrogens with two attached hydrogens (primary N) is 1. The van der Waals surface area contributed by atoms with Crippen LogP contribution in [0.5, 0.6) is 0 Å². The van der Waals surface area contributed by atoms with Crippen LogP contribution in [0.1, 0.15) is 22.7 Å². The van der Waals surface area contributed by atoms with Crippen molar-refractivity contribution in [2.75, 3.05) is 17.6 Å². The Morgan fingerprint density at radius 3 is 2.50 bits per heavy atom. The fourth-order valence-electron chi connectivity index (χ4n) is 3.24. The lowest BCUT2D eigenvalue weighted by molar-refractivity contribution is 0.568. The van der Waals surface area contributed by atoms with E-state index in [1.165, 1.54) is 11.1 Å². The predicted molar refractivity (Wildman–Crippen MR) is 95.5 cm³/mol. The summed E-state index contributed by atoms with van der Waals surface area (Å²) in [6.07, 6.45) is 1.04. The summed E-state index contributed by atoms with van der Waals surface area (Å²) in [7, 11) is 0. The van der Waals surface area contributed by atoms with E-state index in [0.29, 0.717) is 0 Å². The summed E-state index contributed by atoms with van der Waals surface area (Å²) < 4.78 is 0. The van der Waals surface area contributed by atoms with Gasteiger partial charge in [-0.25, -0.2) is 0 Å². The summed E-state index contributed by atoms with van der Waals surface area (Å²) in [6.45, 7) is 0.946. The van der Waals surface area contributed by atoms with Gasteiger partial charge in [0.05, 0.1) is 6.04 Å². The largest absolute Gasteiger partial charge is 0.394 e. The monoisotopic (exact) mass is 319 g/mol. The van der Waals surface area contributed by atoms with Gasteiger partial charge in [0.1, 0.15) is 11.4 Å². The van der Waals surface area contributed by atoms with Crippen LogP contribution in [0, 0.1) is 0 Å². The van der Waals surface area contributed by atoms with Gasteiger partial charge >= 0.3 is 0 Å². The zero-order valence-corrected chi connectivity index (χ0v) is 13.0. The van der Waals surface area contributed by atoms with E-state index in [4.69, 9.17) is 5.73 Å². The molecule has 24 heavy (non-hydrogen) atoms. The number of nitrogens with one attached hydrogen (secondary N) is 2. The highest BCUT2D eigenvalue weighted by Gasteiger charge is 2.21. The predicted octanol–water partition coefficient (Wildman–Crippen LogP) is 1.84. The maximum absolute atomic E-state index is 11.5. The van der Waals surface area contributed by atoms with Gasteiger partial charge in [-0.1, -0.05) is 36.4 Å². The molecule has 120 valence electrons. The second-order valence-corrected chi connectivity index (χ2v) is 6.03. The minimum absolute atomic E-state index is 0.00644. The molecule has 1 aliphatic heterocycles. The normalized spacial score (nSPS) is 16.8. The molecule has 0 spiro atoms. The van der Waals surface area contributed by atoms with Gasteiger partial charge in [-0.2, -0.15) is 0 Å². The molecule has 0 aliphatic carbocycles. The van der Waals surface area contributed by atoms with Crippen molar-refractivity contribution >= 4 is 17.1 Å². The Labute approximate surface area is 138 Å². The molecule has 0 amide bonds. The van der Waals surface area contributed by atoms with E-state index in [2.05, 4.69) is 34.9 Å². The standard InChI is InChI=1S/C19H17N3O2/c20-15-17(19(24)18(15)23)22-13-7-5-12(6-8-13)16-14-4-2-1-3-11(14)9-10-21-16/h1-8,16,21-22H,9-10,20H2. The van der Waals surface area contributed by atoms with Crippen molar-refractivity contribution in [1.29, 1.82) is 0 Å². The van der Waals surface area contributed by atoms with Gasteiger partial charge < -0.3 is 16.4 Å². The third-order valence-electron chi connectivity index (χ3n) is 4.57. The summed E-state index contributed by atoms with van der Waals surface area (Å²) >= 11 is 0. The van der Waals surface area contributed by atoms with E-state index >= 15 is 0 Å². The number of benzene rings is 2. The number of nitrogen functional groups attached to an aromatic ring is 1. The molecule has 4 N–H and O–H groups in total. The Bertz CT molecular complexity index is 969. The first-order valence-corrected chi connectivity index (χ1v) is 7.92. The average Bonchev–Trinajstić information content (AvgIpc) is 2.65. The highest BCUT2D eigenvalue weighted by atomic mass is 16.2. The summed E-state index contributed by atoms with van der Waals surface area (Å²) in [5.41, 5.74) is 9.14. The smallest absolute Gasteiger partial charge is 0.253 e. The van der Waals surface area contributed by atoms with Crippen LogP contribution in [0.4, 0.5) is 17.1 Å². The third kappa shape index (κ3) is 2.30. The molecule has 0 bridgehead atoms. The average molecular weight is 319 g/mol. The molecule has 0 saturated carbocycles. The molecule has 1 unspecified atom stereocenters. The van der Waals surface area contributed by atoms with Gasteiger partial charge in [-0.15, -0.1) is 0 Å². The first-order chi connectivity index (χ1) is 11.6. The molecule has 5 heteroatoms. The lowest BCUT2D eigenvalue weighted by Crippen LogP contribution is -2.36. The van der Waals surface area contributed by atoms with Gasteiger partial charge in [-0.05, 0) is 35.2 Å². The van der Waals surface area contributed by atoms with E-state index in [1.807, 2.05) is 24.3 Å². The minimum atomic E-state index is -0.614. The number of hydrogen-bond acceptors (Lipinski definition) is 5. The molecule has 0 radical (unpaired) electrons. The highest BCUT2D eigenvalue weighted by Crippen LogP contribution is 2.29. The van der Waals surface area contributed by atoms with Crippen LogP contribution in [0.2, 0.25) is 0 Å². The van der Waals surface area contributed by atoms with Crippen molar-refractivity contribution in [3.05, 3.63) is 85.7 Å². The van der Waals surface area contributed by atoms with Crippen molar-refractivity contribution < 1.29 is 0 Å². The maximum Gasteiger partial charge on any atom is 0.253 e. The zero-order chi connectivity index (χ0) is 16.7. The van der Waals surface area contributed by atoms with Crippen molar-refractivity contribution in [2.45, 2.75) is 12.5 Å². The minimum Gasteiger partial charge on any atom is -0.394 e. The molecule has 0 saturated heterocycles. The molecule has 3 aromatic carbocycles. The summed E-state index contributed by atoms with van der Waals surface area (Å²) in [4.78, 5) is 22.6. The van der Waals surface area contributed by atoms with Crippen LogP contribution in [-0.2, 0) is 6.42 Å². The number of fused-ring (bicyclic) bond motifs is 1. The Morgan fingerprint density at radius 1 is 1.00 bits per heavy atom. The number of rotatable bonds is 3. The molecule has 1 aliphatic rings. The van der Waals surface area contributed by atoms with Crippen molar-refractivity contribution in [3.8, 4) is 0 Å². The van der Waals surface area contributed by atoms with E-state index in [0.717, 1.165) is 24.2 Å². The van der Waals surface area contributed by atoms with Crippen LogP contribution in [0.15, 0.2) is 58.1 Å². The Kier molecular flexibility index (Phi) is 3.43. The fraction of sp³-hybridized carbons (Fsp3) is 0.158. The van der Waals surface area contributed by atoms with E-state index in [9.17, 15) is 9.59 Å². The number of hydrogen-bond donors (Lipinski definition) is 3. The molecule has 4 rings (SSSR count). The first kappa shape index (κ1) is 14.7. The van der Waals surface area contributed by atoms with E-state index in [1.54, 1.807) is 0 Å². The van der Waals surface area contributed by atoms with Gasteiger partial charge in [0, 0.05) is 12.2 Å². The lowest BCUT2D eigenvalue weighted by Gasteiger charge is -2.27. The summed E-state index contributed by atoms with van der Waals surface area (Å²) in [6, 6.07) is 16.4. The van der Waals surface area contributed by atoms with Crippen molar-refractivity contribution in [3.63, 3.8) is 0 Å². The van der Waals surface area contributed by atoms with Crippen molar-refractivity contribution in [1.82, 2.24) is 5.32 Å². The molecule has 0 fully saturated rings. The molecule has 5 nitrogen and oxygen atoms in total. The first-order valence-electron chi connectivity index (χ1n) is 7.92. The van der Waals surface area contributed by atoms with Gasteiger partial charge in [-0.3, -0.25) is 9.59 Å². The fourth-order valence-corrected chi connectivity index (χ4v) is 3.24. The van der Waals surface area contributed by atoms with Crippen LogP contribution in [-0.4, -0.2) is 6.54 Å². The van der Waals surface area contributed by atoms with Gasteiger partial charge in [0.2, 0.25) is 0 Å². The maximum atomic E-state index is 11.5. The zero-order valence-electron chi connectivity index (χ0n) is 13.0. The van der Waals surface area contributed by atoms with Crippen LogP contribution < -0.4 is 27.2 Å². The summed E-state index contributed by atoms with van der Waals surface area (Å²) in [5.74, 6) is 0. The second-order valence-electron chi connectivity index (χ2n) is 6.03. The SMILES string of the molecule is Nc1c(Nc2ccc(C3NCCc4ccccc43)cc2)c(=O)c1=O. The van der Waals surface area contributed by atoms with Gasteiger partial charge in [0.25, 0.3) is 10.9 Å². The number of anilines is 3. The second kappa shape index (κ2) is 5.62. The van der Waals surface area contributed by atoms with E-state index in [-0.39, 0.29) is 17.4 Å². The van der Waals surface area contributed by atoms with Crippen LogP contribution >= 0.6 is 0 Å². The molecular formula is C19H17N3O2. The molecule has 3 aromatic rings.